The van der Waals surface area contributed by atoms with E-state index in [-0.39, 0.29) is 18.2 Å². The zero-order valence-corrected chi connectivity index (χ0v) is 13.4. The summed E-state index contributed by atoms with van der Waals surface area (Å²) < 4.78 is 54.8. The van der Waals surface area contributed by atoms with Crippen LogP contribution in [0.5, 0.6) is 0 Å². The topological polar surface area (TPSA) is 58.2 Å². The second kappa shape index (κ2) is 7.82. The fraction of sp³-hybridized carbons (Fsp3) is 0.571. The molecule has 0 aliphatic carbocycles. The highest BCUT2D eigenvalue weighted by Gasteiger charge is 2.25. The fourth-order valence-electron chi connectivity index (χ4n) is 1.93. The molecular formula is C14H22F2N2O2S. The monoisotopic (exact) mass is 320 g/mol. The fourth-order valence-corrected chi connectivity index (χ4v) is 3.44. The molecule has 0 saturated heterocycles. The number of sulfonamides is 1. The minimum absolute atomic E-state index is 0.0531. The van der Waals surface area contributed by atoms with E-state index in [1.807, 2.05) is 13.8 Å². The van der Waals surface area contributed by atoms with Crippen LogP contribution in [0.25, 0.3) is 0 Å². The van der Waals surface area contributed by atoms with E-state index in [1.54, 1.807) is 6.92 Å². The number of benzene rings is 1. The van der Waals surface area contributed by atoms with E-state index in [4.69, 9.17) is 0 Å². The molecule has 7 heteroatoms. The third-order valence-corrected chi connectivity index (χ3v) is 4.84. The zero-order chi connectivity index (χ0) is 16.0. The summed E-state index contributed by atoms with van der Waals surface area (Å²) in [5.41, 5.74) is -0.260. The Kier molecular flexibility index (Phi) is 6.70. The number of hydrogen-bond acceptors (Lipinski definition) is 3. The summed E-state index contributed by atoms with van der Waals surface area (Å²) in [7, 11) is -4.00. The first-order valence-electron chi connectivity index (χ1n) is 7.07. The van der Waals surface area contributed by atoms with Gasteiger partial charge in [-0.2, -0.15) is 0 Å². The van der Waals surface area contributed by atoms with Gasteiger partial charge in [-0.25, -0.2) is 21.9 Å². The highest BCUT2D eigenvalue weighted by atomic mass is 32.2. The van der Waals surface area contributed by atoms with E-state index in [9.17, 15) is 17.2 Å². The minimum Gasteiger partial charge on any atom is -0.313 e. The highest BCUT2D eigenvalue weighted by Crippen LogP contribution is 2.21. The van der Waals surface area contributed by atoms with Crippen molar-refractivity contribution in [2.75, 3.05) is 6.54 Å². The Labute approximate surface area is 125 Å². The summed E-state index contributed by atoms with van der Waals surface area (Å²) in [4.78, 5) is -0.510. The number of nitrogens with one attached hydrogen (secondary N) is 2. The summed E-state index contributed by atoms with van der Waals surface area (Å²) in [5, 5.41) is 2.79. The molecular weight excluding hydrogens is 298 g/mol. The van der Waals surface area contributed by atoms with E-state index in [0.717, 1.165) is 12.1 Å². The van der Waals surface area contributed by atoms with Gasteiger partial charge >= 0.3 is 0 Å². The van der Waals surface area contributed by atoms with Crippen LogP contribution in [-0.4, -0.2) is 21.0 Å². The highest BCUT2D eigenvalue weighted by molar-refractivity contribution is 7.89. The lowest BCUT2D eigenvalue weighted by Gasteiger charge is -2.16. The van der Waals surface area contributed by atoms with Crippen molar-refractivity contribution in [3.63, 3.8) is 0 Å². The normalized spacial score (nSPS) is 12.1. The van der Waals surface area contributed by atoms with Crippen molar-refractivity contribution in [2.45, 2.75) is 51.1 Å². The van der Waals surface area contributed by atoms with Crippen LogP contribution in [0.3, 0.4) is 0 Å². The van der Waals surface area contributed by atoms with Gasteiger partial charge in [0, 0.05) is 18.2 Å². The lowest BCUT2D eigenvalue weighted by atomic mass is 10.2. The van der Waals surface area contributed by atoms with Gasteiger partial charge in [0.15, 0.2) is 5.82 Å². The van der Waals surface area contributed by atoms with Gasteiger partial charge < -0.3 is 5.32 Å². The molecule has 0 radical (unpaired) electrons. The second-order valence-corrected chi connectivity index (χ2v) is 6.44. The van der Waals surface area contributed by atoms with Gasteiger partial charge in [0.05, 0.1) is 0 Å². The van der Waals surface area contributed by atoms with E-state index in [1.165, 1.54) is 0 Å². The van der Waals surface area contributed by atoms with Crippen LogP contribution in [0.2, 0.25) is 0 Å². The van der Waals surface area contributed by atoms with Gasteiger partial charge in [0.2, 0.25) is 10.0 Å². The number of rotatable bonds is 8. The standard InChI is InChI=1S/C14H22F2N2O2S/c1-4-10(5-2)18-21(19,20)13-8-7-12(15)11(14(13)16)9-17-6-3/h7-8,10,17-18H,4-6,9H2,1-3H3. The van der Waals surface area contributed by atoms with Gasteiger partial charge in [0.25, 0.3) is 0 Å². The maximum Gasteiger partial charge on any atom is 0.243 e. The SMILES string of the molecule is CCNCc1c(F)ccc(S(=O)(=O)NC(CC)CC)c1F. The van der Waals surface area contributed by atoms with Crippen LogP contribution < -0.4 is 10.0 Å². The summed E-state index contributed by atoms with van der Waals surface area (Å²) in [5.74, 6) is -1.79. The van der Waals surface area contributed by atoms with Crippen molar-refractivity contribution in [1.82, 2.24) is 10.0 Å². The maximum absolute atomic E-state index is 14.3. The van der Waals surface area contributed by atoms with Gasteiger partial charge in [-0.3, -0.25) is 0 Å². The average molecular weight is 320 g/mol. The molecule has 0 heterocycles. The predicted molar refractivity (Wildman–Crippen MR) is 78.4 cm³/mol. The van der Waals surface area contributed by atoms with Crippen molar-refractivity contribution < 1.29 is 17.2 Å². The van der Waals surface area contributed by atoms with E-state index in [2.05, 4.69) is 10.0 Å². The summed E-state index contributed by atoms with van der Waals surface area (Å²) in [6.45, 7) is 5.96. The van der Waals surface area contributed by atoms with Gasteiger partial charge in [0.1, 0.15) is 10.7 Å². The van der Waals surface area contributed by atoms with E-state index < -0.39 is 26.6 Å². The van der Waals surface area contributed by atoms with Crippen molar-refractivity contribution in [2.24, 2.45) is 0 Å². The van der Waals surface area contributed by atoms with Crippen LogP contribution in [0.15, 0.2) is 17.0 Å². The molecule has 1 rings (SSSR count). The Morgan fingerprint density at radius 3 is 2.29 bits per heavy atom. The van der Waals surface area contributed by atoms with Crippen LogP contribution in [0, 0.1) is 11.6 Å². The predicted octanol–water partition coefficient (Wildman–Crippen LogP) is 2.54. The molecule has 0 bridgehead atoms. The first-order valence-corrected chi connectivity index (χ1v) is 8.55. The molecule has 0 aliphatic rings. The lowest BCUT2D eigenvalue weighted by Crippen LogP contribution is -2.34. The Bertz CT molecular complexity index is 573. The van der Waals surface area contributed by atoms with Crippen molar-refractivity contribution >= 4 is 10.0 Å². The summed E-state index contributed by atoms with van der Waals surface area (Å²) in [6.07, 6.45) is 1.20. The van der Waals surface area contributed by atoms with Crippen LogP contribution >= 0.6 is 0 Å². The quantitative estimate of drug-likeness (QED) is 0.774. The average Bonchev–Trinajstić information content (AvgIpc) is 2.44. The molecule has 4 nitrogen and oxygen atoms in total. The molecule has 2 N–H and O–H groups in total. The Hall–Kier alpha value is -1.05. The van der Waals surface area contributed by atoms with Gasteiger partial charge in [-0.1, -0.05) is 20.8 Å². The third kappa shape index (κ3) is 4.46. The Morgan fingerprint density at radius 2 is 1.76 bits per heavy atom. The Morgan fingerprint density at radius 1 is 1.14 bits per heavy atom. The van der Waals surface area contributed by atoms with Crippen molar-refractivity contribution in [3.8, 4) is 0 Å². The van der Waals surface area contributed by atoms with Crippen molar-refractivity contribution in [3.05, 3.63) is 29.3 Å². The molecule has 0 saturated carbocycles. The first kappa shape index (κ1) is 18.0. The third-order valence-electron chi connectivity index (χ3n) is 3.30. The Balaban J connectivity index is 3.18. The maximum atomic E-state index is 14.3. The molecule has 0 fully saturated rings. The van der Waals surface area contributed by atoms with Crippen molar-refractivity contribution in [1.29, 1.82) is 0 Å². The first-order chi connectivity index (χ1) is 9.87. The molecule has 0 atom stereocenters. The lowest BCUT2D eigenvalue weighted by molar-refractivity contribution is 0.502. The smallest absolute Gasteiger partial charge is 0.243 e. The van der Waals surface area contributed by atoms with E-state index in [0.29, 0.717) is 19.4 Å². The molecule has 21 heavy (non-hydrogen) atoms. The summed E-state index contributed by atoms with van der Waals surface area (Å²) >= 11 is 0. The van der Waals surface area contributed by atoms with Crippen LogP contribution in [-0.2, 0) is 16.6 Å². The van der Waals surface area contributed by atoms with Gasteiger partial charge in [-0.05, 0) is 31.5 Å². The molecule has 120 valence electrons. The number of hydrogen-bond donors (Lipinski definition) is 2. The number of halogens is 2. The molecule has 0 unspecified atom stereocenters. The second-order valence-electron chi connectivity index (χ2n) is 4.75. The largest absolute Gasteiger partial charge is 0.313 e. The molecule has 1 aromatic rings. The molecule has 0 amide bonds. The molecule has 0 aliphatic heterocycles. The van der Waals surface area contributed by atoms with Crippen LogP contribution in [0.1, 0.15) is 39.2 Å². The summed E-state index contributed by atoms with van der Waals surface area (Å²) in [6, 6.07) is 1.68. The molecule has 0 spiro atoms. The zero-order valence-electron chi connectivity index (χ0n) is 12.5. The van der Waals surface area contributed by atoms with Gasteiger partial charge in [-0.15, -0.1) is 0 Å². The van der Waals surface area contributed by atoms with Crippen LogP contribution in [0.4, 0.5) is 8.78 Å². The minimum atomic E-state index is -4.00. The molecule has 0 aromatic heterocycles. The van der Waals surface area contributed by atoms with E-state index >= 15 is 0 Å². The molecule has 1 aromatic carbocycles.